The van der Waals surface area contributed by atoms with Gasteiger partial charge in [-0.1, -0.05) is 18.2 Å². The molecule has 2 atom stereocenters. The van der Waals surface area contributed by atoms with Gasteiger partial charge >= 0.3 is 0 Å². The van der Waals surface area contributed by atoms with Crippen molar-refractivity contribution in [1.29, 1.82) is 5.26 Å². The molecule has 1 heterocycles. The van der Waals surface area contributed by atoms with Gasteiger partial charge in [0.05, 0.1) is 17.7 Å². The normalized spacial score (nSPS) is 22.0. The maximum absolute atomic E-state index is 14.4. The Morgan fingerprint density at radius 3 is 2.45 bits per heavy atom. The fourth-order valence-electron chi connectivity index (χ4n) is 3.62. The van der Waals surface area contributed by atoms with Crippen LogP contribution in [0.4, 0.5) is 4.39 Å². The van der Waals surface area contributed by atoms with Gasteiger partial charge in [0, 0.05) is 44.2 Å². The summed E-state index contributed by atoms with van der Waals surface area (Å²) in [5.74, 6) is -1.40. The van der Waals surface area contributed by atoms with E-state index in [0.717, 1.165) is 5.56 Å². The van der Waals surface area contributed by atoms with Gasteiger partial charge in [0.2, 0.25) is 5.78 Å². The SMILES string of the molecule is CC(=O)C(=O)c1ccc(C)c(C(=O)N2CCN(C3C=CC(C#N)=CC3F)CC2)c1. The maximum atomic E-state index is 14.4. The van der Waals surface area contributed by atoms with E-state index in [1.807, 2.05) is 11.0 Å². The lowest BCUT2D eigenvalue weighted by Crippen LogP contribution is -2.53. The van der Waals surface area contributed by atoms with E-state index in [0.29, 0.717) is 37.3 Å². The number of alkyl halides is 1. The molecular weight excluding hydrogens is 373 g/mol. The second-order valence-electron chi connectivity index (χ2n) is 7.27. The molecule has 0 radical (unpaired) electrons. The second-order valence-corrected chi connectivity index (χ2v) is 7.27. The summed E-state index contributed by atoms with van der Waals surface area (Å²) in [6.07, 6.45) is 3.39. The minimum absolute atomic E-state index is 0.206. The zero-order valence-corrected chi connectivity index (χ0v) is 16.4. The molecule has 150 valence electrons. The third kappa shape index (κ3) is 4.33. The Labute approximate surface area is 168 Å². The predicted molar refractivity (Wildman–Crippen MR) is 105 cm³/mol. The number of amides is 1. The van der Waals surface area contributed by atoms with Crippen molar-refractivity contribution in [2.75, 3.05) is 26.2 Å². The van der Waals surface area contributed by atoms with Crippen LogP contribution in [0.3, 0.4) is 0 Å². The number of nitrogens with zero attached hydrogens (tertiary/aromatic N) is 3. The van der Waals surface area contributed by atoms with Crippen LogP contribution in [0.2, 0.25) is 0 Å². The van der Waals surface area contributed by atoms with Crippen molar-refractivity contribution in [2.45, 2.75) is 26.1 Å². The molecule has 2 aliphatic rings. The minimum Gasteiger partial charge on any atom is -0.336 e. The number of hydrogen-bond donors (Lipinski definition) is 0. The van der Waals surface area contributed by atoms with Crippen molar-refractivity contribution in [3.8, 4) is 6.07 Å². The Bertz CT molecular complexity index is 953. The average molecular weight is 395 g/mol. The van der Waals surface area contributed by atoms with Crippen molar-refractivity contribution in [1.82, 2.24) is 9.80 Å². The Morgan fingerprint density at radius 1 is 1.17 bits per heavy atom. The third-order valence-corrected chi connectivity index (χ3v) is 5.34. The van der Waals surface area contributed by atoms with E-state index >= 15 is 0 Å². The molecule has 1 aromatic rings. The van der Waals surface area contributed by atoms with Gasteiger partial charge in [0.25, 0.3) is 5.91 Å². The number of aryl methyl sites for hydroxylation is 1. The van der Waals surface area contributed by atoms with E-state index in [1.54, 1.807) is 36.1 Å². The summed E-state index contributed by atoms with van der Waals surface area (Å²) >= 11 is 0. The molecule has 1 aromatic carbocycles. The highest BCUT2D eigenvalue weighted by Gasteiger charge is 2.31. The van der Waals surface area contributed by atoms with Crippen molar-refractivity contribution in [3.05, 3.63) is 58.7 Å². The molecule has 1 saturated heterocycles. The number of allylic oxidation sites excluding steroid dienone is 2. The van der Waals surface area contributed by atoms with Crippen LogP contribution in [0.25, 0.3) is 0 Å². The van der Waals surface area contributed by atoms with E-state index in [4.69, 9.17) is 5.26 Å². The number of piperazine rings is 1. The lowest BCUT2D eigenvalue weighted by atomic mass is 9.99. The first-order valence-electron chi connectivity index (χ1n) is 9.45. The van der Waals surface area contributed by atoms with Crippen LogP contribution in [-0.2, 0) is 4.79 Å². The van der Waals surface area contributed by atoms with E-state index in [-0.39, 0.29) is 11.5 Å². The summed E-state index contributed by atoms with van der Waals surface area (Å²) in [7, 11) is 0. The quantitative estimate of drug-likeness (QED) is 0.577. The lowest BCUT2D eigenvalue weighted by Gasteiger charge is -2.39. The van der Waals surface area contributed by atoms with Crippen molar-refractivity contribution < 1.29 is 18.8 Å². The number of carbonyl (C=O) groups excluding carboxylic acids is 3. The van der Waals surface area contributed by atoms with Crippen LogP contribution in [0.1, 0.15) is 33.2 Å². The summed E-state index contributed by atoms with van der Waals surface area (Å²) in [6.45, 7) is 4.84. The first-order valence-corrected chi connectivity index (χ1v) is 9.45. The van der Waals surface area contributed by atoms with Gasteiger partial charge in [-0.2, -0.15) is 5.26 Å². The standard InChI is InChI=1S/C22H22FN3O3/c1-14-3-5-17(21(28)15(2)27)12-18(14)22(29)26-9-7-25(8-10-26)20-6-4-16(13-24)11-19(20)23/h3-6,11-12,19-20H,7-10H2,1-2H3. The van der Waals surface area contributed by atoms with E-state index < -0.39 is 23.8 Å². The Hall–Kier alpha value is -3.11. The van der Waals surface area contributed by atoms with Crippen LogP contribution in [0.15, 0.2) is 42.0 Å². The number of benzene rings is 1. The Balaban J connectivity index is 1.68. The van der Waals surface area contributed by atoms with E-state index in [2.05, 4.69) is 0 Å². The first kappa shape index (κ1) is 20.6. The number of rotatable bonds is 4. The van der Waals surface area contributed by atoms with Crippen LogP contribution in [0, 0.1) is 18.3 Å². The largest absolute Gasteiger partial charge is 0.336 e. The molecule has 1 amide bonds. The van der Waals surface area contributed by atoms with Gasteiger partial charge in [-0.25, -0.2) is 4.39 Å². The summed E-state index contributed by atoms with van der Waals surface area (Å²) < 4.78 is 14.4. The summed E-state index contributed by atoms with van der Waals surface area (Å²) in [6, 6.07) is 6.19. The number of Topliss-reactive ketones (excluding diaryl/α,β-unsaturated/α-hetero) is 2. The number of carbonyl (C=O) groups is 3. The Kier molecular flexibility index (Phi) is 6.04. The van der Waals surface area contributed by atoms with E-state index in [1.165, 1.54) is 19.1 Å². The van der Waals surface area contributed by atoms with Crippen molar-refractivity contribution >= 4 is 17.5 Å². The van der Waals surface area contributed by atoms with Crippen LogP contribution < -0.4 is 0 Å². The molecule has 0 bridgehead atoms. The van der Waals surface area contributed by atoms with Crippen LogP contribution >= 0.6 is 0 Å². The molecule has 0 aromatic heterocycles. The number of nitriles is 1. The van der Waals surface area contributed by atoms with Gasteiger partial charge < -0.3 is 4.90 Å². The van der Waals surface area contributed by atoms with Gasteiger partial charge in [-0.3, -0.25) is 19.3 Å². The fourth-order valence-corrected chi connectivity index (χ4v) is 3.62. The van der Waals surface area contributed by atoms with Gasteiger partial charge in [-0.05, 0) is 30.7 Å². The monoisotopic (exact) mass is 395 g/mol. The van der Waals surface area contributed by atoms with Crippen LogP contribution in [0.5, 0.6) is 0 Å². The molecule has 29 heavy (non-hydrogen) atoms. The van der Waals surface area contributed by atoms with Crippen LogP contribution in [-0.4, -0.2) is 65.7 Å². The topological polar surface area (TPSA) is 81.5 Å². The molecule has 2 unspecified atom stereocenters. The molecule has 6 nitrogen and oxygen atoms in total. The average Bonchev–Trinajstić information content (AvgIpc) is 2.73. The van der Waals surface area contributed by atoms with Gasteiger partial charge in [0.1, 0.15) is 6.17 Å². The first-order chi connectivity index (χ1) is 13.8. The lowest BCUT2D eigenvalue weighted by molar-refractivity contribution is -0.113. The van der Waals surface area contributed by atoms with E-state index in [9.17, 15) is 18.8 Å². The number of ketones is 2. The van der Waals surface area contributed by atoms with Crippen molar-refractivity contribution in [2.24, 2.45) is 0 Å². The fraction of sp³-hybridized carbons (Fsp3) is 0.364. The predicted octanol–water partition coefficient (Wildman–Crippen LogP) is 2.25. The Morgan fingerprint density at radius 2 is 1.86 bits per heavy atom. The third-order valence-electron chi connectivity index (χ3n) is 5.34. The van der Waals surface area contributed by atoms with Gasteiger partial charge in [-0.15, -0.1) is 0 Å². The zero-order valence-electron chi connectivity index (χ0n) is 16.4. The maximum Gasteiger partial charge on any atom is 0.254 e. The number of halogens is 1. The smallest absolute Gasteiger partial charge is 0.254 e. The molecular formula is C22H22FN3O3. The molecule has 0 N–H and O–H groups in total. The summed E-state index contributed by atoms with van der Waals surface area (Å²) in [4.78, 5) is 39.9. The van der Waals surface area contributed by atoms with Gasteiger partial charge in [0.15, 0.2) is 5.78 Å². The zero-order chi connectivity index (χ0) is 21.1. The van der Waals surface area contributed by atoms with Crippen molar-refractivity contribution in [3.63, 3.8) is 0 Å². The summed E-state index contributed by atoms with van der Waals surface area (Å²) in [5.41, 5.74) is 1.65. The molecule has 1 aliphatic heterocycles. The molecule has 7 heteroatoms. The molecule has 1 aliphatic carbocycles. The summed E-state index contributed by atoms with van der Waals surface area (Å²) in [5, 5.41) is 8.88. The highest BCUT2D eigenvalue weighted by atomic mass is 19.1. The highest BCUT2D eigenvalue weighted by Crippen LogP contribution is 2.22. The minimum atomic E-state index is -1.26. The molecule has 3 rings (SSSR count). The molecule has 0 saturated carbocycles. The number of hydrogen-bond acceptors (Lipinski definition) is 5. The molecule has 0 spiro atoms. The molecule has 1 fully saturated rings. The second kappa shape index (κ2) is 8.50. The highest BCUT2D eigenvalue weighted by molar-refractivity contribution is 6.43.